The molecule has 1 aromatic carbocycles. The quantitative estimate of drug-likeness (QED) is 0.663. The van der Waals surface area contributed by atoms with Gasteiger partial charge in [-0.25, -0.2) is 0 Å². The molecule has 1 aliphatic rings. The average molecular weight is 290 g/mol. The van der Waals surface area contributed by atoms with Crippen LogP contribution in [0.5, 0.6) is 0 Å². The first-order valence-corrected chi connectivity index (χ1v) is 7.40. The SMILES string of the molecule is Cc1ccc(S/C=C2/NC(=O)[C@H](C(C)C)NC2=O)cc1. The van der Waals surface area contributed by atoms with Crippen LogP contribution in [0, 0.1) is 12.8 Å². The Morgan fingerprint density at radius 1 is 1.20 bits per heavy atom. The second kappa shape index (κ2) is 6.13. The van der Waals surface area contributed by atoms with Gasteiger partial charge in [-0.05, 0) is 25.0 Å². The van der Waals surface area contributed by atoms with E-state index in [4.69, 9.17) is 0 Å². The van der Waals surface area contributed by atoms with Crippen LogP contribution in [-0.2, 0) is 9.59 Å². The van der Waals surface area contributed by atoms with Crippen molar-refractivity contribution in [3.8, 4) is 0 Å². The van der Waals surface area contributed by atoms with Crippen LogP contribution < -0.4 is 10.6 Å². The van der Waals surface area contributed by atoms with E-state index in [1.165, 1.54) is 17.3 Å². The molecule has 0 bridgehead atoms. The highest BCUT2D eigenvalue weighted by Crippen LogP contribution is 2.21. The molecule has 0 unspecified atom stereocenters. The van der Waals surface area contributed by atoms with Gasteiger partial charge in [-0.1, -0.05) is 43.3 Å². The third-order valence-electron chi connectivity index (χ3n) is 3.07. The second-order valence-corrected chi connectivity index (χ2v) is 6.09. The highest BCUT2D eigenvalue weighted by Gasteiger charge is 2.31. The van der Waals surface area contributed by atoms with E-state index >= 15 is 0 Å². The normalized spacial score (nSPS) is 21.0. The van der Waals surface area contributed by atoms with Crippen molar-refractivity contribution < 1.29 is 9.59 Å². The Morgan fingerprint density at radius 2 is 1.85 bits per heavy atom. The molecule has 1 atom stereocenters. The van der Waals surface area contributed by atoms with E-state index in [0.29, 0.717) is 5.70 Å². The summed E-state index contributed by atoms with van der Waals surface area (Å²) in [6.45, 7) is 5.83. The summed E-state index contributed by atoms with van der Waals surface area (Å²) < 4.78 is 0. The lowest BCUT2D eigenvalue weighted by Crippen LogP contribution is -2.56. The van der Waals surface area contributed by atoms with Crippen LogP contribution in [0.15, 0.2) is 40.3 Å². The minimum atomic E-state index is -0.455. The van der Waals surface area contributed by atoms with Gasteiger partial charge >= 0.3 is 0 Å². The van der Waals surface area contributed by atoms with Gasteiger partial charge in [0.05, 0.1) is 0 Å². The van der Waals surface area contributed by atoms with E-state index in [2.05, 4.69) is 10.6 Å². The van der Waals surface area contributed by atoms with E-state index in [1.54, 1.807) is 5.41 Å². The van der Waals surface area contributed by atoms with Gasteiger partial charge in [0.1, 0.15) is 11.7 Å². The number of piperazine rings is 1. The average Bonchev–Trinajstić information content (AvgIpc) is 2.41. The minimum Gasteiger partial charge on any atom is -0.339 e. The molecule has 2 rings (SSSR count). The maximum atomic E-state index is 11.9. The van der Waals surface area contributed by atoms with Gasteiger partial charge in [0, 0.05) is 10.3 Å². The van der Waals surface area contributed by atoms with Crippen LogP contribution >= 0.6 is 11.8 Å². The highest BCUT2D eigenvalue weighted by atomic mass is 32.2. The van der Waals surface area contributed by atoms with Crippen molar-refractivity contribution >= 4 is 23.6 Å². The zero-order chi connectivity index (χ0) is 14.7. The molecule has 0 spiro atoms. The first-order chi connectivity index (χ1) is 9.47. The molecule has 4 nitrogen and oxygen atoms in total. The topological polar surface area (TPSA) is 58.2 Å². The fraction of sp³-hybridized carbons (Fsp3) is 0.333. The highest BCUT2D eigenvalue weighted by molar-refractivity contribution is 8.02. The molecule has 1 saturated heterocycles. The molecule has 2 N–H and O–H groups in total. The van der Waals surface area contributed by atoms with Gasteiger partial charge in [0.15, 0.2) is 0 Å². The Balaban J connectivity index is 2.06. The second-order valence-electron chi connectivity index (χ2n) is 5.15. The van der Waals surface area contributed by atoms with Crippen molar-refractivity contribution in [2.75, 3.05) is 0 Å². The van der Waals surface area contributed by atoms with Crippen molar-refractivity contribution in [2.24, 2.45) is 5.92 Å². The standard InChI is InChI=1S/C15H18N2O2S/c1-9(2)13-15(19)16-12(14(18)17-13)8-20-11-6-4-10(3)5-7-11/h4-9,13H,1-3H3,(H,16,19)(H,17,18)/b12-8+/t13-/m0/s1. The molecule has 2 amide bonds. The number of carbonyl (C=O) groups is 2. The first-order valence-electron chi connectivity index (χ1n) is 6.52. The van der Waals surface area contributed by atoms with E-state index in [9.17, 15) is 9.59 Å². The summed E-state index contributed by atoms with van der Waals surface area (Å²) in [5.41, 5.74) is 1.49. The Labute approximate surface area is 123 Å². The molecule has 1 fully saturated rings. The number of thioether (sulfide) groups is 1. The summed E-state index contributed by atoms with van der Waals surface area (Å²) in [4.78, 5) is 24.8. The van der Waals surface area contributed by atoms with Gasteiger partial charge in [0.2, 0.25) is 5.91 Å². The largest absolute Gasteiger partial charge is 0.339 e. The molecule has 1 heterocycles. The molecule has 20 heavy (non-hydrogen) atoms. The lowest BCUT2D eigenvalue weighted by Gasteiger charge is -2.27. The predicted octanol–water partition coefficient (Wildman–Crippen LogP) is 2.20. The summed E-state index contributed by atoms with van der Waals surface area (Å²) in [6, 6.07) is 7.53. The number of benzene rings is 1. The molecule has 106 valence electrons. The zero-order valence-electron chi connectivity index (χ0n) is 11.8. The number of rotatable bonds is 3. The van der Waals surface area contributed by atoms with Crippen LogP contribution in [-0.4, -0.2) is 17.9 Å². The molecule has 0 aliphatic carbocycles. The van der Waals surface area contributed by atoms with Gasteiger partial charge in [-0.15, -0.1) is 0 Å². The van der Waals surface area contributed by atoms with Gasteiger partial charge < -0.3 is 10.6 Å². The summed E-state index contributed by atoms with van der Waals surface area (Å²) in [6.07, 6.45) is 0. The molecule has 0 radical (unpaired) electrons. The number of hydrogen-bond donors (Lipinski definition) is 2. The van der Waals surface area contributed by atoms with Gasteiger partial charge in [-0.2, -0.15) is 0 Å². The van der Waals surface area contributed by atoms with Crippen LogP contribution in [0.2, 0.25) is 0 Å². The molecule has 1 aliphatic heterocycles. The fourth-order valence-electron chi connectivity index (χ4n) is 1.85. The van der Waals surface area contributed by atoms with Gasteiger partial charge in [-0.3, -0.25) is 9.59 Å². The van der Waals surface area contributed by atoms with E-state index in [-0.39, 0.29) is 17.7 Å². The zero-order valence-corrected chi connectivity index (χ0v) is 12.6. The molecular weight excluding hydrogens is 272 g/mol. The van der Waals surface area contributed by atoms with Crippen LogP contribution in [0.1, 0.15) is 19.4 Å². The van der Waals surface area contributed by atoms with Crippen molar-refractivity contribution in [3.05, 3.63) is 40.9 Å². The summed E-state index contributed by atoms with van der Waals surface area (Å²) >= 11 is 1.41. The number of hydrogen-bond acceptors (Lipinski definition) is 3. The van der Waals surface area contributed by atoms with Crippen molar-refractivity contribution in [3.63, 3.8) is 0 Å². The van der Waals surface area contributed by atoms with Crippen molar-refractivity contribution in [1.29, 1.82) is 0 Å². The van der Waals surface area contributed by atoms with E-state index < -0.39 is 6.04 Å². The summed E-state index contributed by atoms with van der Waals surface area (Å²) in [7, 11) is 0. The number of carbonyl (C=O) groups excluding carboxylic acids is 2. The maximum absolute atomic E-state index is 11.9. The van der Waals surface area contributed by atoms with Crippen LogP contribution in [0.4, 0.5) is 0 Å². The third kappa shape index (κ3) is 3.42. The van der Waals surface area contributed by atoms with Crippen molar-refractivity contribution in [2.45, 2.75) is 31.7 Å². The lowest BCUT2D eigenvalue weighted by molar-refractivity contribution is -0.132. The van der Waals surface area contributed by atoms with E-state index in [0.717, 1.165) is 4.90 Å². The van der Waals surface area contributed by atoms with Crippen LogP contribution in [0.3, 0.4) is 0 Å². The van der Waals surface area contributed by atoms with Crippen LogP contribution in [0.25, 0.3) is 0 Å². The number of nitrogens with one attached hydrogen (secondary N) is 2. The molecule has 1 aromatic rings. The maximum Gasteiger partial charge on any atom is 0.268 e. The Kier molecular flexibility index (Phi) is 4.49. The predicted molar refractivity (Wildman–Crippen MR) is 80.0 cm³/mol. The fourth-order valence-corrected chi connectivity index (χ4v) is 2.56. The summed E-state index contributed by atoms with van der Waals surface area (Å²) in [5, 5.41) is 7.07. The Morgan fingerprint density at radius 3 is 2.45 bits per heavy atom. The van der Waals surface area contributed by atoms with Gasteiger partial charge in [0.25, 0.3) is 5.91 Å². The lowest BCUT2D eigenvalue weighted by atomic mass is 10.0. The monoisotopic (exact) mass is 290 g/mol. The first kappa shape index (κ1) is 14.7. The molecule has 5 heteroatoms. The molecule has 0 aromatic heterocycles. The van der Waals surface area contributed by atoms with E-state index in [1.807, 2.05) is 45.0 Å². The Bertz CT molecular complexity index is 549. The number of aryl methyl sites for hydroxylation is 1. The summed E-state index contributed by atoms with van der Waals surface area (Å²) in [5.74, 6) is -0.316. The smallest absolute Gasteiger partial charge is 0.268 e. The molecule has 0 saturated carbocycles. The third-order valence-corrected chi connectivity index (χ3v) is 3.97. The number of amides is 2. The Hall–Kier alpha value is -1.75. The minimum absolute atomic E-state index is 0.0743. The molecular formula is C15H18N2O2S. The van der Waals surface area contributed by atoms with Crippen molar-refractivity contribution in [1.82, 2.24) is 10.6 Å².